The van der Waals surface area contributed by atoms with Crippen molar-refractivity contribution in [3.05, 3.63) is 71.8 Å². The third-order valence-corrected chi connectivity index (χ3v) is 16.3. The molecule has 10 atom stereocenters. The van der Waals surface area contributed by atoms with Crippen molar-refractivity contribution in [1.29, 1.82) is 0 Å². The molecule has 4 aliphatic heterocycles. The summed E-state index contributed by atoms with van der Waals surface area (Å²) in [7, 11) is 0. The van der Waals surface area contributed by atoms with Gasteiger partial charge in [0.25, 0.3) is 0 Å². The number of aliphatic hydroxyl groups excluding tert-OH is 1. The number of fused-ring (bicyclic) bond motifs is 2. The Morgan fingerprint density at radius 2 is 0.875 bits per heavy atom. The molecule has 1 N–H and O–H groups in total. The molecule has 8 rings (SSSR count). The first-order valence-electron chi connectivity index (χ1n) is 30.3. The van der Waals surface area contributed by atoms with Gasteiger partial charge in [-0.2, -0.15) is 0 Å². The predicted molar refractivity (Wildman–Crippen MR) is 289 cm³/mol. The molecule has 18 nitrogen and oxygen atoms in total. The Morgan fingerprint density at radius 1 is 0.475 bits per heavy atom. The van der Waals surface area contributed by atoms with E-state index in [0.29, 0.717) is 32.1 Å². The number of carbonyl (C=O) groups is 5. The number of hydrogen-bond acceptors (Lipinski definition) is 18. The molecule has 6 aliphatic rings. The van der Waals surface area contributed by atoms with Crippen LogP contribution in [-0.4, -0.2) is 121 Å². The molecule has 0 unspecified atom stereocenters. The molecular weight excluding hydrogens is 1030 g/mol. The lowest BCUT2D eigenvalue weighted by atomic mass is 9.90. The van der Waals surface area contributed by atoms with Crippen LogP contribution in [0.15, 0.2) is 60.7 Å². The summed E-state index contributed by atoms with van der Waals surface area (Å²) in [5, 5.41) is 12.3. The first-order valence-corrected chi connectivity index (χ1v) is 30.3. The van der Waals surface area contributed by atoms with E-state index in [-0.39, 0.29) is 45.7 Å². The molecule has 0 aromatic heterocycles. The summed E-state index contributed by atoms with van der Waals surface area (Å²) in [5.41, 5.74) is 1.56. The molecule has 2 spiro atoms. The first-order chi connectivity index (χ1) is 39.0. The quantitative estimate of drug-likeness (QED) is 0.0455. The second-order valence-corrected chi connectivity index (χ2v) is 22.6. The van der Waals surface area contributed by atoms with E-state index in [9.17, 15) is 29.1 Å². The van der Waals surface area contributed by atoms with E-state index in [2.05, 4.69) is 6.92 Å². The number of rotatable bonds is 29. The Labute approximate surface area is 472 Å². The van der Waals surface area contributed by atoms with Crippen molar-refractivity contribution >= 4 is 29.8 Å². The zero-order chi connectivity index (χ0) is 56.0. The maximum Gasteiger partial charge on any atom is 0.306 e. The topological polar surface area (TPSA) is 216 Å². The molecule has 0 amide bonds. The van der Waals surface area contributed by atoms with Crippen molar-refractivity contribution in [2.45, 2.75) is 273 Å². The highest BCUT2D eigenvalue weighted by molar-refractivity contribution is 5.78. The van der Waals surface area contributed by atoms with Crippen LogP contribution in [0.2, 0.25) is 0 Å². The van der Waals surface area contributed by atoms with E-state index in [1.165, 1.54) is 51.4 Å². The van der Waals surface area contributed by atoms with Crippen LogP contribution >= 0.6 is 0 Å². The molecule has 2 saturated carbocycles. The average molecular weight is 1120 g/mol. The molecule has 2 aliphatic carbocycles. The third-order valence-electron chi connectivity index (χ3n) is 16.3. The summed E-state index contributed by atoms with van der Waals surface area (Å²) in [6, 6.07) is 18.3. The lowest BCUT2D eigenvalue weighted by molar-refractivity contribution is -0.432. The average Bonchev–Trinajstić information content (AvgIpc) is 3.47. The SMILES string of the molecule is CCCCCCCCCCCCCCCC(=O)O[C@@H]1[C@@H](OC(=O)CCC(=O)OCc2ccccc2)[C@@H](O[C@H]2O[C@@H]3COC4(CCCCC4)O[C@H]3[C@H](O)[C@H]2OC(=O)CCC(=O)OCc2ccccc2)O[C@@H]2COC3(CCCCC3)O[C@@H]12. The van der Waals surface area contributed by atoms with Crippen molar-refractivity contribution in [2.75, 3.05) is 13.2 Å². The van der Waals surface area contributed by atoms with Crippen LogP contribution in [0.5, 0.6) is 0 Å². The smallest absolute Gasteiger partial charge is 0.306 e. The minimum atomic E-state index is -1.62. The highest BCUT2D eigenvalue weighted by atomic mass is 16.8. The fourth-order valence-corrected chi connectivity index (χ4v) is 11.8. The van der Waals surface area contributed by atoms with Gasteiger partial charge in [-0.25, -0.2) is 0 Å². The molecule has 0 radical (unpaired) electrons. The van der Waals surface area contributed by atoms with Gasteiger partial charge in [-0.05, 0) is 43.2 Å². The lowest BCUT2D eigenvalue weighted by Gasteiger charge is -2.54. The zero-order valence-electron chi connectivity index (χ0n) is 47.1. The predicted octanol–water partition coefficient (Wildman–Crippen LogP) is 10.2. The number of hydrogen-bond donors (Lipinski definition) is 1. The van der Waals surface area contributed by atoms with Crippen molar-refractivity contribution in [3.63, 3.8) is 0 Å². The van der Waals surface area contributed by atoms with Crippen LogP contribution in [0.25, 0.3) is 0 Å². The summed E-state index contributed by atoms with van der Waals surface area (Å²) >= 11 is 0. The normalized spacial score (nSPS) is 27.7. The number of carbonyl (C=O) groups excluding carboxylic acids is 5. The fraction of sp³-hybridized carbons (Fsp3) is 0.726. The number of ether oxygens (including phenoxy) is 12. The first kappa shape index (κ1) is 61.5. The number of benzene rings is 2. The second-order valence-electron chi connectivity index (χ2n) is 22.6. The molecular formula is C62H88O18. The Bertz CT molecular complexity index is 2200. The van der Waals surface area contributed by atoms with E-state index in [0.717, 1.165) is 75.3 Å². The van der Waals surface area contributed by atoms with Gasteiger partial charge in [-0.3, -0.25) is 24.0 Å². The van der Waals surface area contributed by atoms with Gasteiger partial charge in [-0.1, -0.05) is 157 Å². The number of aliphatic hydroxyl groups is 1. The standard InChI is InChI=1S/C62H88O18/c1-2-3-4-5-6-7-8-9-10-11-12-13-22-31-50(65)76-57-55-47(43-72-62(80-55)38-25-17-26-39-62)74-60(58(57)77-52(67)35-33-49(64)70-41-45-29-20-15-21-30-45)78-59-56(75-51(66)34-32-48(63)69-40-44-27-18-14-19-28-44)53(68)54-46(73-59)42-71-61(79-54)36-23-16-24-37-61/h14-15,18-21,27-30,46-47,53-60,68H,2-13,16-17,22-26,31-43H2,1H3/t46-,47-,53+,54-,55-,56-,57+,58-,59-,60-/m1/s1. The van der Waals surface area contributed by atoms with Gasteiger partial charge in [0.15, 0.2) is 29.9 Å². The van der Waals surface area contributed by atoms with E-state index in [1.54, 1.807) is 0 Å². The Morgan fingerprint density at radius 3 is 1.38 bits per heavy atom. The van der Waals surface area contributed by atoms with Crippen LogP contribution in [0, 0.1) is 0 Å². The Balaban J connectivity index is 0.990. The molecule has 2 aromatic carbocycles. The van der Waals surface area contributed by atoms with Gasteiger partial charge in [0.1, 0.15) is 43.7 Å². The van der Waals surface area contributed by atoms with Crippen molar-refractivity contribution in [1.82, 2.24) is 0 Å². The maximum atomic E-state index is 14.1. The summed E-state index contributed by atoms with van der Waals surface area (Å²) in [6.07, 6.45) is 8.13. The van der Waals surface area contributed by atoms with Crippen LogP contribution in [-0.2, 0) is 94.0 Å². The highest BCUT2D eigenvalue weighted by Gasteiger charge is 2.60. The van der Waals surface area contributed by atoms with Crippen molar-refractivity contribution in [3.8, 4) is 0 Å². The van der Waals surface area contributed by atoms with E-state index in [1.807, 2.05) is 60.7 Å². The number of unbranched alkanes of at least 4 members (excludes halogenated alkanes) is 12. The molecule has 4 heterocycles. The van der Waals surface area contributed by atoms with Gasteiger partial charge in [0.05, 0.1) is 38.9 Å². The van der Waals surface area contributed by atoms with Gasteiger partial charge in [-0.15, -0.1) is 0 Å². The van der Waals surface area contributed by atoms with Crippen LogP contribution in [0.1, 0.15) is 198 Å². The van der Waals surface area contributed by atoms with E-state index in [4.69, 9.17) is 56.8 Å². The Hall–Kier alpha value is -4.53. The zero-order valence-corrected chi connectivity index (χ0v) is 47.1. The van der Waals surface area contributed by atoms with Gasteiger partial charge in [0.2, 0.25) is 12.6 Å². The Kier molecular flexibility index (Phi) is 24.4. The van der Waals surface area contributed by atoms with Crippen molar-refractivity contribution in [2.24, 2.45) is 0 Å². The maximum absolute atomic E-state index is 14.1. The summed E-state index contributed by atoms with van der Waals surface area (Å²) in [6.45, 7) is 2.28. The molecule has 80 heavy (non-hydrogen) atoms. The second kappa shape index (κ2) is 31.8. The monoisotopic (exact) mass is 1120 g/mol. The number of esters is 5. The molecule has 0 bridgehead atoms. The van der Waals surface area contributed by atoms with Gasteiger partial charge >= 0.3 is 29.8 Å². The summed E-state index contributed by atoms with van der Waals surface area (Å²) in [4.78, 5) is 67.9. The van der Waals surface area contributed by atoms with Crippen molar-refractivity contribution < 1.29 is 85.9 Å². The molecule has 2 aromatic rings. The van der Waals surface area contributed by atoms with E-state index < -0.39 is 116 Å². The molecule has 4 saturated heterocycles. The molecule has 6 fully saturated rings. The minimum absolute atomic E-state index is 0.00670. The molecule has 18 heteroatoms. The summed E-state index contributed by atoms with van der Waals surface area (Å²) < 4.78 is 75.5. The summed E-state index contributed by atoms with van der Waals surface area (Å²) in [5.74, 6) is -5.48. The van der Waals surface area contributed by atoms with Crippen LogP contribution < -0.4 is 0 Å². The fourth-order valence-electron chi connectivity index (χ4n) is 11.8. The van der Waals surface area contributed by atoms with Gasteiger partial charge in [0, 0.05) is 32.1 Å². The van der Waals surface area contributed by atoms with E-state index >= 15 is 0 Å². The molecule has 444 valence electrons. The minimum Gasteiger partial charge on any atom is -0.461 e. The largest absolute Gasteiger partial charge is 0.461 e. The van der Waals surface area contributed by atoms with Crippen LogP contribution in [0.4, 0.5) is 0 Å². The lowest BCUT2D eigenvalue weighted by Crippen LogP contribution is -2.70. The van der Waals surface area contributed by atoms with Crippen LogP contribution in [0.3, 0.4) is 0 Å². The highest BCUT2D eigenvalue weighted by Crippen LogP contribution is 2.45. The van der Waals surface area contributed by atoms with Gasteiger partial charge < -0.3 is 61.9 Å². The third kappa shape index (κ3) is 18.5.